The monoisotopic (exact) mass is 292 g/mol. The van der Waals surface area contributed by atoms with E-state index in [-0.39, 0.29) is 0 Å². The van der Waals surface area contributed by atoms with E-state index in [4.69, 9.17) is 4.74 Å². The van der Waals surface area contributed by atoms with Crippen molar-refractivity contribution >= 4 is 21.7 Å². The molecule has 0 aliphatic heterocycles. The zero-order valence-corrected chi connectivity index (χ0v) is 11.3. The number of hydrogen-bond donors (Lipinski definition) is 1. The summed E-state index contributed by atoms with van der Waals surface area (Å²) >= 11 is 3.48. The number of nitrogens with one attached hydrogen (secondary N) is 1. The van der Waals surface area contributed by atoms with Crippen LogP contribution in [0.1, 0.15) is 5.56 Å². The van der Waals surface area contributed by atoms with Crippen LogP contribution in [0.25, 0.3) is 0 Å². The van der Waals surface area contributed by atoms with Crippen molar-refractivity contribution in [3.63, 3.8) is 0 Å². The van der Waals surface area contributed by atoms with Crippen LogP contribution in [0.2, 0.25) is 0 Å². The van der Waals surface area contributed by atoms with E-state index in [1.54, 1.807) is 6.20 Å². The number of halogens is 1. The topological polar surface area (TPSA) is 34.1 Å². The molecule has 0 spiro atoms. The van der Waals surface area contributed by atoms with Gasteiger partial charge in [0.15, 0.2) is 0 Å². The molecule has 0 aliphatic rings. The van der Waals surface area contributed by atoms with Crippen LogP contribution >= 0.6 is 15.9 Å². The van der Waals surface area contributed by atoms with Gasteiger partial charge in [0.25, 0.3) is 0 Å². The minimum Gasteiger partial charge on any atom is -0.456 e. The summed E-state index contributed by atoms with van der Waals surface area (Å²) in [6, 6.07) is 9.66. The zero-order valence-electron chi connectivity index (χ0n) is 9.70. The number of aryl methyl sites for hydroxylation is 1. The van der Waals surface area contributed by atoms with E-state index in [2.05, 4.69) is 26.2 Å². The number of anilines is 1. The van der Waals surface area contributed by atoms with Crippen molar-refractivity contribution in [2.24, 2.45) is 0 Å². The number of hydrogen-bond acceptors (Lipinski definition) is 3. The SMILES string of the molecule is CNc1cc(Oc2ccc(C)cc2Br)ccn1. The molecule has 88 valence electrons. The predicted octanol–water partition coefficient (Wildman–Crippen LogP) is 3.99. The van der Waals surface area contributed by atoms with E-state index in [1.165, 1.54) is 5.56 Å². The van der Waals surface area contributed by atoms with Gasteiger partial charge in [-0.3, -0.25) is 0 Å². The molecule has 17 heavy (non-hydrogen) atoms. The second-order valence-electron chi connectivity index (χ2n) is 3.66. The average molecular weight is 293 g/mol. The molecule has 1 aromatic heterocycles. The van der Waals surface area contributed by atoms with Gasteiger partial charge in [0, 0.05) is 19.3 Å². The van der Waals surface area contributed by atoms with Crippen LogP contribution < -0.4 is 10.1 Å². The smallest absolute Gasteiger partial charge is 0.141 e. The van der Waals surface area contributed by atoms with Crippen molar-refractivity contribution < 1.29 is 4.74 Å². The van der Waals surface area contributed by atoms with Gasteiger partial charge in [-0.05, 0) is 46.6 Å². The molecule has 3 nitrogen and oxygen atoms in total. The van der Waals surface area contributed by atoms with Crippen LogP contribution in [0.5, 0.6) is 11.5 Å². The van der Waals surface area contributed by atoms with Crippen molar-refractivity contribution in [2.45, 2.75) is 6.92 Å². The van der Waals surface area contributed by atoms with E-state index in [9.17, 15) is 0 Å². The third-order valence-corrected chi connectivity index (χ3v) is 2.92. The molecule has 2 aromatic rings. The average Bonchev–Trinajstić information content (AvgIpc) is 2.33. The first kappa shape index (κ1) is 11.9. The van der Waals surface area contributed by atoms with Crippen molar-refractivity contribution in [1.82, 2.24) is 4.98 Å². The third kappa shape index (κ3) is 2.97. The minimum atomic E-state index is 0.758. The van der Waals surface area contributed by atoms with Gasteiger partial charge >= 0.3 is 0 Å². The van der Waals surface area contributed by atoms with Crippen LogP contribution in [0.4, 0.5) is 5.82 Å². The lowest BCUT2D eigenvalue weighted by Crippen LogP contribution is -1.92. The van der Waals surface area contributed by atoms with Gasteiger partial charge in [0.1, 0.15) is 17.3 Å². The van der Waals surface area contributed by atoms with Gasteiger partial charge in [-0.15, -0.1) is 0 Å². The number of benzene rings is 1. The van der Waals surface area contributed by atoms with Gasteiger partial charge in [0.05, 0.1) is 4.47 Å². The van der Waals surface area contributed by atoms with Crippen LogP contribution in [-0.4, -0.2) is 12.0 Å². The van der Waals surface area contributed by atoms with E-state index in [0.29, 0.717) is 0 Å². The molecule has 1 heterocycles. The summed E-state index contributed by atoms with van der Waals surface area (Å²) in [7, 11) is 1.83. The summed E-state index contributed by atoms with van der Waals surface area (Å²) in [6.07, 6.45) is 1.71. The molecule has 1 N–H and O–H groups in total. The van der Waals surface area contributed by atoms with Gasteiger partial charge in [-0.1, -0.05) is 6.07 Å². The standard InChI is InChI=1S/C13H13BrN2O/c1-9-3-4-12(11(14)7-9)17-10-5-6-16-13(8-10)15-2/h3-8H,1-2H3,(H,15,16). The lowest BCUT2D eigenvalue weighted by molar-refractivity contribution is 0.479. The highest BCUT2D eigenvalue weighted by Gasteiger charge is 2.03. The Kier molecular flexibility index (Phi) is 3.64. The first-order valence-electron chi connectivity index (χ1n) is 5.27. The van der Waals surface area contributed by atoms with Crippen molar-refractivity contribution in [3.8, 4) is 11.5 Å². The highest BCUT2D eigenvalue weighted by molar-refractivity contribution is 9.10. The summed E-state index contributed by atoms with van der Waals surface area (Å²) < 4.78 is 6.72. The van der Waals surface area contributed by atoms with Crippen molar-refractivity contribution in [3.05, 3.63) is 46.6 Å². The van der Waals surface area contributed by atoms with E-state index in [0.717, 1.165) is 21.8 Å². The molecule has 0 aliphatic carbocycles. The maximum atomic E-state index is 5.78. The Labute approximate surface area is 109 Å². The van der Waals surface area contributed by atoms with Crippen LogP contribution in [0.3, 0.4) is 0 Å². The first-order valence-corrected chi connectivity index (χ1v) is 6.06. The Morgan fingerprint density at radius 1 is 1.24 bits per heavy atom. The Morgan fingerprint density at radius 2 is 2.06 bits per heavy atom. The molecule has 0 amide bonds. The molecule has 0 radical (unpaired) electrons. The second-order valence-corrected chi connectivity index (χ2v) is 4.52. The molecule has 0 saturated carbocycles. The van der Waals surface area contributed by atoms with Gasteiger partial charge in [-0.2, -0.15) is 0 Å². The molecule has 0 unspecified atom stereocenters. The number of ether oxygens (including phenoxy) is 1. The van der Waals surface area contributed by atoms with E-state index < -0.39 is 0 Å². The summed E-state index contributed by atoms with van der Waals surface area (Å²) in [5.41, 5.74) is 1.19. The fourth-order valence-electron chi connectivity index (χ4n) is 1.43. The largest absolute Gasteiger partial charge is 0.456 e. The van der Waals surface area contributed by atoms with Gasteiger partial charge in [0.2, 0.25) is 0 Å². The van der Waals surface area contributed by atoms with Crippen molar-refractivity contribution in [1.29, 1.82) is 0 Å². The summed E-state index contributed by atoms with van der Waals surface area (Å²) in [5.74, 6) is 2.34. The fraction of sp³-hybridized carbons (Fsp3) is 0.154. The quantitative estimate of drug-likeness (QED) is 0.929. The third-order valence-electron chi connectivity index (χ3n) is 2.30. The van der Waals surface area contributed by atoms with E-state index in [1.807, 2.05) is 44.3 Å². The van der Waals surface area contributed by atoms with Crippen LogP contribution in [0.15, 0.2) is 41.0 Å². The maximum absolute atomic E-state index is 5.78. The number of rotatable bonds is 3. The van der Waals surface area contributed by atoms with Gasteiger partial charge < -0.3 is 10.1 Å². The maximum Gasteiger partial charge on any atom is 0.141 e. The van der Waals surface area contributed by atoms with Crippen molar-refractivity contribution in [2.75, 3.05) is 12.4 Å². The summed E-state index contributed by atoms with van der Waals surface area (Å²) in [5, 5.41) is 2.97. The summed E-state index contributed by atoms with van der Waals surface area (Å²) in [4.78, 5) is 4.13. The van der Waals surface area contributed by atoms with Crippen LogP contribution in [-0.2, 0) is 0 Å². The highest BCUT2D eigenvalue weighted by Crippen LogP contribution is 2.30. The molecule has 0 fully saturated rings. The lowest BCUT2D eigenvalue weighted by Gasteiger charge is -2.09. The molecular weight excluding hydrogens is 280 g/mol. The first-order chi connectivity index (χ1) is 8.19. The lowest BCUT2D eigenvalue weighted by atomic mass is 10.2. The van der Waals surface area contributed by atoms with E-state index >= 15 is 0 Å². The molecule has 2 rings (SSSR count). The number of nitrogens with zero attached hydrogens (tertiary/aromatic N) is 1. The number of aromatic nitrogens is 1. The normalized spacial score (nSPS) is 10.1. The Hall–Kier alpha value is -1.55. The number of pyridine rings is 1. The molecule has 1 aromatic carbocycles. The zero-order chi connectivity index (χ0) is 12.3. The molecule has 0 saturated heterocycles. The molecule has 0 atom stereocenters. The molecule has 4 heteroatoms. The Morgan fingerprint density at radius 3 is 2.76 bits per heavy atom. The minimum absolute atomic E-state index is 0.758. The fourth-order valence-corrected chi connectivity index (χ4v) is 2.00. The highest BCUT2D eigenvalue weighted by atomic mass is 79.9. The summed E-state index contributed by atoms with van der Waals surface area (Å²) in [6.45, 7) is 2.04. The Bertz CT molecular complexity index is 529. The molecular formula is C13H13BrN2O. The Balaban J connectivity index is 2.25. The second kappa shape index (κ2) is 5.19. The van der Waals surface area contributed by atoms with Gasteiger partial charge in [-0.25, -0.2) is 4.98 Å². The predicted molar refractivity (Wildman–Crippen MR) is 72.7 cm³/mol. The molecule has 0 bridgehead atoms. The van der Waals surface area contributed by atoms with Crippen LogP contribution in [0, 0.1) is 6.92 Å².